The van der Waals surface area contributed by atoms with Crippen molar-refractivity contribution in [1.82, 2.24) is 0 Å². The van der Waals surface area contributed by atoms with Crippen LogP contribution in [0.4, 0.5) is 0 Å². The quantitative estimate of drug-likeness (QED) is 0.0268. The Balaban J connectivity index is -0.000000265. The number of hydrogen-bond acceptors (Lipinski definition) is 8. The van der Waals surface area contributed by atoms with Gasteiger partial charge in [0.1, 0.15) is 0 Å². The van der Waals surface area contributed by atoms with Crippen LogP contribution >= 0.6 is 12.6 Å². The maximum atomic E-state index is 10.2. The Morgan fingerprint density at radius 1 is 0.318 bits per heavy atom. The van der Waals surface area contributed by atoms with Crippen LogP contribution in [0.15, 0.2) is 0 Å². The normalized spacial score (nSPS) is 10.9. The van der Waals surface area contributed by atoms with E-state index >= 15 is 0 Å². The third-order valence-corrected chi connectivity index (χ3v) is 12.0. The molecule has 7 nitrogen and oxygen atoms in total. The number of carboxylic acids is 3. The van der Waals surface area contributed by atoms with E-state index in [9.17, 15) is 29.7 Å². The summed E-state index contributed by atoms with van der Waals surface area (Å²) in [6.07, 6.45) is 59.6. The van der Waals surface area contributed by atoms with Crippen molar-refractivity contribution in [3.05, 3.63) is 0 Å². The van der Waals surface area contributed by atoms with Gasteiger partial charge in [-0.15, -0.1) is 12.6 Å². The van der Waals surface area contributed by atoms with Crippen molar-refractivity contribution in [2.24, 2.45) is 0 Å². The van der Waals surface area contributed by atoms with Crippen LogP contribution < -0.4 is 15.3 Å². The van der Waals surface area contributed by atoms with Crippen LogP contribution in [0.1, 0.15) is 336 Å². The zero-order valence-electron chi connectivity index (χ0n) is 44.9. The zero-order valence-corrected chi connectivity index (χ0v) is 48.6. The third kappa shape index (κ3) is 97.3. The van der Waals surface area contributed by atoms with Gasteiger partial charge in [0.05, 0.1) is 5.44 Å². The van der Waals surface area contributed by atoms with Crippen molar-refractivity contribution in [2.75, 3.05) is 0 Å². The Kier molecular flexibility index (Phi) is 82.9. The molecule has 0 aromatic heterocycles. The molecule has 0 fully saturated rings. The van der Waals surface area contributed by atoms with Crippen LogP contribution in [0.5, 0.6) is 0 Å². The Morgan fingerprint density at radius 3 is 0.500 bits per heavy atom. The van der Waals surface area contributed by atoms with Gasteiger partial charge in [-0.1, -0.05) is 290 Å². The number of carboxylic acid groups (broad SMARTS) is 3. The molecule has 0 rings (SSSR count). The Morgan fingerprint density at radius 2 is 0.409 bits per heavy atom. The fourth-order valence-corrected chi connectivity index (χ4v) is 7.92. The first-order chi connectivity index (χ1) is 32.0. The van der Waals surface area contributed by atoms with Gasteiger partial charge in [0.25, 0.3) is 0 Å². The molecule has 9 heteroatoms. The second-order valence-corrected chi connectivity index (χ2v) is 19.6. The summed E-state index contributed by atoms with van der Waals surface area (Å²) < 4.78 is 0. The molecule has 0 spiro atoms. The van der Waals surface area contributed by atoms with Crippen molar-refractivity contribution in [2.45, 2.75) is 346 Å². The SMILES string of the molecule is CC(O)S.CCCCCCCCCCCCCCCCCC(=O)[O-].CCCCCCCCCCCCCCCCCC(=O)[O-].CCCCCCCCCCCCCCCCCC(=O)[O-].[CH3][Sn+3]. The molecular formula is C57H114O7SSn. The van der Waals surface area contributed by atoms with Crippen LogP contribution in [0.3, 0.4) is 0 Å². The summed E-state index contributed by atoms with van der Waals surface area (Å²) in [4.78, 5) is 32.8. The van der Waals surface area contributed by atoms with Gasteiger partial charge in [-0.05, 0) is 45.4 Å². The fourth-order valence-electron chi connectivity index (χ4n) is 7.92. The molecule has 0 aromatic rings. The number of aliphatic hydroxyl groups excluding tert-OH is 1. The molecule has 394 valence electrons. The van der Waals surface area contributed by atoms with Gasteiger partial charge in [0.2, 0.25) is 0 Å². The van der Waals surface area contributed by atoms with E-state index in [0.29, 0.717) is 0 Å². The Bertz CT molecular complexity index is 768. The van der Waals surface area contributed by atoms with Gasteiger partial charge in [0.15, 0.2) is 0 Å². The van der Waals surface area contributed by atoms with Crippen LogP contribution in [-0.4, -0.2) is 51.0 Å². The number of carbonyl (C=O) groups is 3. The summed E-state index contributed by atoms with van der Waals surface area (Å²) in [6.45, 7) is 8.39. The maximum absolute atomic E-state index is 10.2. The predicted octanol–water partition coefficient (Wildman–Crippen LogP) is 15.5. The number of carbonyl (C=O) groups excluding carboxylic acids is 3. The molecule has 1 atom stereocenters. The summed E-state index contributed by atoms with van der Waals surface area (Å²) in [7, 11) is 0. The number of thiol groups is 1. The Labute approximate surface area is 431 Å². The van der Waals surface area contributed by atoms with Crippen LogP contribution in [-0.2, 0) is 14.4 Å². The first kappa shape index (κ1) is 74.5. The van der Waals surface area contributed by atoms with Crippen molar-refractivity contribution >= 4 is 53.1 Å². The first-order valence-corrected chi connectivity index (χ1v) is 31.9. The number of unbranched alkanes of at least 4 members (excludes halogenated alkanes) is 42. The molecule has 0 aromatic carbocycles. The monoisotopic (exact) mass is 1060 g/mol. The van der Waals surface area contributed by atoms with Crippen molar-refractivity contribution in [1.29, 1.82) is 0 Å². The van der Waals surface area contributed by atoms with Crippen molar-refractivity contribution in [3.63, 3.8) is 0 Å². The van der Waals surface area contributed by atoms with E-state index in [4.69, 9.17) is 5.11 Å². The molecule has 1 unspecified atom stereocenters. The number of rotatable bonds is 48. The molecule has 66 heavy (non-hydrogen) atoms. The molecule has 0 saturated heterocycles. The molecule has 0 aliphatic heterocycles. The van der Waals surface area contributed by atoms with Gasteiger partial charge in [-0.3, -0.25) is 0 Å². The summed E-state index contributed by atoms with van der Waals surface area (Å²) in [5.41, 5.74) is -0.472. The van der Waals surface area contributed by atoms with E-state index in [1.807, 2.05) is 0 Å². The van der Waals surface area contributed by atoms with E-state index in [2.05, 4.69) is 38.3 Å². The zero-order chi connectivity index (χ0) is 50.3. The molecule has 0 bridgehead atoms. The molecule has 0 saturated carbocycles. The molecule has 0 radical (unpaired) electrons. The van der Waals surface area contributed by atoms with E-state index in [1.165, 1.54) is 250 Å². The first-order valence-electron chi connectivity index (χ1n) is 28.5. The minimum absolute atomic E-state index is 0.234. The second kappa shape index (κ2) is 73.5. The van der Waals surface area contributed by atoms with Gasteiger partial charge >= 0.3 is 27.5 Å². The fraction of sp³-hybridized carbons (Fsp3) is 0.947. The third-order valence-electron chi connectivity index (χ3n) is 12.0. The van der Waals surface area contributed by atoms with Gasteiger partial charge in [-0.2, -0.15) is 0 Å². The van der Waals surface area contributed by atoms with Gasteiger partial charge < -0.3 is 34.8 Å². The summed E-state index contributed by atoms with van der Waals surface area (Å²) in [5.74, 6) is -2.71. The predicted molar refractivity (Wildman–Crippen MR) is 286 cm³/mol. The average molecular weight is 1060 g/mol. The molecule has 1 N–H and O–H groups in total. The molecule has 0 aliphatic rings. The van der Waals surface area contributed by atoms with E-state index in [1.54, 1.807) is 29.4 Å². The molecular weight excluding hydrogens is 947 g/mol. The topological polar surface area (TPSA) is 141 Å². The Hall–Kier alpha value is -0.481. The van der Waals surface area contributed by atoms with Crippen molar-refractivity contribution < 1.29 is 34.8 Å². The van der Waals surface area contributed by atoms with Crippen LogP contribution in [0.25, 0.3) is 0 Å². The summed E-state index contributed by atoms with van der Waals surface area (Å²) >= 11 is 5.07. The van der Waals surface area contributed by atoms with E-state index in [0.717, 1.165) is 38.5 Å². The van der Waals surface area contributed by atoms with Gasteiger partial charge in [-0.25, -0.2) is 0 Å². The summed E-state index contributed by atoms with van der Waals surface area (Å²) in [6, 6.07) is 0. The van der Waals surface area contributed by atoms with Crippen molar-refractivity contribution in [3.8, 4) is 0 Å². The van der Waals surface area contributed by atoms with E-state index in [-0.39, 0.29) is 19.3 Å². The van der Waals surface area contributed by atoms with Crippen LogP contribution in [0, 0.1) is 0 Å². The number of hydrogen-bond donors (Lipinski definition) is 2. The minimum atomic E-state index is -0.903. The summed E-state index contributed by atoms with van der Waals surface area (Å²) in [5, 5.41) is 38.6. The standard InChI is InChI=1S/3C18H36O2.C2H6OS.CH3.Sn/c3*1-2-3-4-5-6-7-8-9-10-11-12-13-14-15-16-17-18(19)20;1-2(3)4;;/h3*2-17H2,1H3,(H,19,20);2-4H,1H3;1H3;/q;;;;;+3/p-3. The molecule has 0 amide bonds. The van der Waals surface area contributed by atoms with Crippen LogP contribution in [0.2, 0.25) is 4.94 Å². The molecule has 0 heterocycles. The number of aliphatic hydroxyl groups is 1. The van der Waals surface area contributed by atoms with E-state index < -0.39 is 23.3 Å². The van der Waals surface area contributed by atoms with Gasteiger partial charge in [0, 0.05) is 17.9 Å². The second-order valence-electron chi connectivity index (χ2n) is 18.8. The number of aliphatic carboxylic acids is 3. The average Bonchev–Trinajstić information content (AvgIpc) is 3.28. The molecule has 0 aliphatic carbocycles.